The topological polar surface area (TPSA) is 122 Å². The molecule has 0 amide bonds. The van der Waals surface area contributed by atoms with Crippen molar-refractivity contribution in [2.75, 3.05) is 23.7 Å². The lowest BCUT2D eigenvalue weighted by atomic mass is 10.0. The molecule has 0 aliphatic carbocycles. The van der Waals surface area contributed by atoms with Gasteiger partial charge >= 0.3 is 0 Å². The average molecular weight is 412 g/mol. The lowest BCUT2D eigenvalue weighted by molar-refractivity contribution is 0.0989. The number of nitrogens with zero attached hydrogens (tertiary/aromatic N) is 4. The van der Waals surface area contributed by atoms with E-state index in [4.69, 9.17) is 16.7 Å². The highest BCUT2D eigenvalue weighted by Crippen LogP contribution is 2.26. The van der Waals surface area contributed by atoms with Crippen LogP contribution in [0.2, 0.25) is 0 Å². The number of Topliss-reactive ketones (excluding diaryl/α,β-unsaturated/α-hetero) is 1. The molecule has 3 heterocycles. The molecule has 0 bridgehead atoms. The van der Waals surface area contributed by atoms with Crippen molar-refractivity contribution in [2.45, 2.75) is 25.3 Å². The Bertz CT molecular complexity index is 1150. The molecular weight excluding hydrogens is 388 g/mol. The summed E-state index contributed by atoms with van der Waals surface area (Å²) >= 11 is 0. The molecule has 31 heavy (non-hydrogen) atoms. The van der Waals surface area contributed by atoms with Crippen molar-refractivity contribution in [1.29, 1.82) is 5.26 Å². The van der Waals surface area contributed by atoms with Crippen molar-refractivity contribution in [3.8, 4) is 17.3 Å². The number of anilines is 2. The summed E-state index contributed by atoms with van der Waals surface area (Å²) in [6.45, 7) is 1.67. The Balaban J connectivity index is 1.62. The minimum Gasteiger partial charge on any atom is -0.397 e. The highest BCUT2D eigenvalue weighted by atomic mass is 16.1. The van der Waals surface area contributed by atoms with Crippen LogP contribution in [0.25, 0.3) is 11.3 Å². The van der Waals surface area contributed by atoms with Crippen LogP contribution in [0.3, 0.4) is 0 Å². The minimum atomic E-state index is -0.175. The van der Waals surface area contributed by atoms with E-state index in [1.165, 1.54) is 0 Å². The molecule has 4 rings (SSSR count). The Hall–Kier alpha value is -3.76. The Labute approximate surface area is 181 Å². The number of ketones is 1. The third-order valence-electron chi connectivity index (χ3n) is 5.51. The Morgan fingerprint density at radius 2 is 2.13 bits per heavy atom. The quantitative estimate of drug-likeness (QED) is 0.618. The summed E-state index contributed by atoms with van der Waals surface area (Å²) in [5.74, 6) is -0.175. The van der Waals surface area contributed by atoms with Gasteiger partial charge in [-0.3, -0.25) is 9.78 Å². The van der Waals surface area contributed by atoms with Crippen LogP contribution >= 0.6 is 0 Å². The van der Waals surface area contributed by atoms with Gasteiger partial charge in [-0.1, -0.05) is 12.1 Å². The molecule has 2 aromatic heterocycles. The SMILES string of the molecule is N#Cc1cccc(-c2ccc(N)c(C(=O)Cc3cnccc3N3CCC[C@H](N)C3)n2)c1. The van der Waals surface area contributed by atoms with E-state index in [2.05, 4.69) is 20.9 Å². The fourth-order valence-electron chi connectivity index (χ4n) is 3.95. The number of benzene rings is 1. The molecule has 4 N–H and O–H groups in total. The van der Waals surface area contributed by atoms with Crippen LogP contribution in [-0.4, -0.2) is 34.9 Å². The molecular formula is C24H24N6O. The van der Waals surface area contributed by atoms with Crippen molar-refractivity contribution in [2.24, 2.45) is 5.73 Å². The number of carbonyl (C=O) groups is 1. The standard InChI is InChI=1S/C24H24N6O/c25-13-16-3-1-4-17(11-16)21-7-6-20(27)24(29-21)23(31)12-18-14-28-9-8-22(18)30-10-2-5-19(26)15-30/h1,3-4,6-9,11,14,19H,2,5,10,12,15,26-27H2/t19-/m0/s1. The molecule has 7 nitrogen and oxygen atoms in total. The number of piperidine rings is 1. The predicted molar refractivity (Wildman–Crippen MR) is 120 cm³/mol. The van der Waals surface area contributed by atoms with E-state index in [-0.39, 0.29) is 23.9 Å². The van der Waals surface area contributed by atoms with Crippen LogP contribution < -0.4 is 16.4 Å². The highest BCUT2D eigenvalue weighted by molar-refractivity contribution is 6.01. The maximum atomic E-state index is 13.2. The van der Waals surface area contributed by atoms with Gasteiger partial charge in [0.05, 0.1) is 23.0 Å². The van der Waals surface area contributed by atoms with E-state index < -0.39 is 0 Å². The number of hydrogen-bond acceptors (Lipinski definition) is 7. The van der Waals surface area contributed by atoms with Crippen LogP contribution in [0.5, 0.6) is 0 Å². The molecule has 1 saturated heterocycles. The maximum Gasteiger partial charge on any atom is 0.187 e. The zero-order valence-electron chi connectivity index (χ0n) is 17.2. The molecule has 0 unspecified atom stereocenters. The number of hydrogen-bond donors (Lipinski definition) is 2. The molecule has 1 aliphatic rings. The summed E-state index contributed by atoms with van der Waals surface area (Å²) in [5, 5.41) is 9.15. The Kier molecular flexibility index (Phi) is 5.92. The van der Waals surface area contributed by atoms with Crippen LogP contribution in [0, 0.1) is 11.3 Å². The average Bonchev–Trinajstić information content (AvgIpc) is 2.79. The first kappa shape index (κ1) is 20.5. The number of nitriles is 1. The molecule has 1 fully saturated rings. The lowest BCUT2D eigenvalue weighted by Gasteiger charge is -2.33. The first-order valence-corrected chi connectivity index (χ1v) is 10.3. The number of carbonyl (C=O) groups excluding carboxylic acids is 1. The van der Waals surface area contributed by atoms with E-state index >= 15 is 0 Å². The Morgan fingerprint density at radius 3 is 2.94 bits per heavy atom. The smallest absolute Gasteiger partial charge is 0.187 e. The predicted octanol–water partition coefficient (Wildman–Crippen LogP) is 2.95. The van der Waals surface area contributed by atoms with Crippen LogP contribution in [0.4, 0.5) is 11.4 Å². The van der Waals surface area contributed by atoms with Gasteiger partial charge in [0.25, 0.3) is 0 Å². The summed E-state index contributed by atoms with van der Waals surface area (Å²) in [4.78, 5) is 24.1. The zero-order chi connectivity index (χ0) is 21.8. The summed E-state index contributed by atoms with van der Waals surface area (Å²) in [7, 11) is 0. The van der Waals surface area contributed by atoms with Gasteiger partial charge in [-0.05, 0) is 43.2 Å². The van der Waals surface area contributed by atoms with Gasteiger partial charge in [0, 0.05) is 54.8 Å². The monoisotopic (exact) mass is 412 g/mol. The fraction of sp³-hybridized carbons (Fsp3) is 0.250. The summed E-state index contributed by atoms with van der Waals surface area (Å²) < 4.78 is 0. The van der Waals surface area contributed by atoms with Crippen LogP contribution in [0.1, 0.15) is 34.5 Å². The van der Waals surface area contributed by atoms with Crippen molar-refractivity contribution < 1.29 is 4.79 Å². The molecule has 156 valence electrons. The summed E-state index contributed by atoms with van der Waals surface area (Å²) in [5.41, 5.74) is 16.5. The number of aromatic nitrogens is 2. The maximum absolute atomic E-state index is 13.2. The molecule has 0 radical (unpaired) electrons. The van der Waals surface area contributed by atoms with Gasteiger partial charge in [-0.25, -0.2) is 4.98 Å². The number of pyridine rings is 2. The van der Waals surface area contributed by atoms with Crippen molar-refractivity contribution >= 4 is 17.2 Å². The molecule has 0 spiro atoms. The molecule has 0 saturated carbocycles. The highest BCUT2D eigenvalue weighted by Gasteiger charge is 2.22. The zero-order valence-corrected chi connectivity index (χ0v) is 17.2. The van der Waals surface area contributed by atoms with Gasteiger partial charge in [0.2, 0.25) is 0 Å². The number of rotatable bonds is 5. The normalized spacial score (nSPS) is 16.0. The molecule has 1 aromatic carbocycles. The largest absolute Gasteiger partial charge is 0.397 e. The molecule has 3 aromatic rings. The van der Waals surface area contributed by atoms with Gasteiger partial charge < -0.3 is 16.4 Å². The third-order valence-corrected chi connectivity index (χ3v) is 5.51. The second-order valence-corrected chi connectivity index (χ2v) is 7.78. The summed E-state index contributed by atoms with van der Waals surface area (Å²) in [6.07, 6.45) is 5.64. The first-order chi connectivity index (χ1) is 15.0. The second kappa shape index (κ2) is 8.94. The van der Waals surface area contributed by atoms with Crippen LogP contribution in [0.15, 0.2) is 54.9 Å². The number of nitrogens with two attached hydrogens (primary N) is 2. The van der Waals surface area contributed by atoms with Crippen molar-refractivity contribution in [1.82, 2.24) is 9.97 Å². The van der Waals surface area contributed by atoms with E-state index in [1.807, 2.05) is 12.1 Å². The van der Waals surface area contributed by atoms with E-state index in [9.17, 15) is 4.79 Å². The molecule has 1 atom stereocenters. The Morgan fingerprint density at radius 1 is 1.26 bits per heavy atom. The number of nitrogen functional groups attached to an aromatic ring is 1. The van der Waals surface area contributed by atoms with Gasteiger partial charge in [0.1, 0.15) is 5.69 Å². The molecule has 7 heteroatoms. The molecule has 1 aliphatic heterocycles. The van der Waals surface area contributed by atoms with E-state index in [0.717, 1.165) is 42.7 Å². The fourth-order valence-corrected chi connectivity index (χ4v) is 3.95. The van der Waals surface area contributed by atoms with Gasteiger partial charge in [0.15, 0.2) is 5.78 Å². The lowest BCUT2D eigenvalue weighted by Crippen LogP contribution is -2.43. The third kappa shape index (κ3) is 4.55. The van der Waals surface area contributed by atoms with Crippen molar-refractivity contribution in [3.05, 3.63) is 71.7 Å². The van der Waals surface area contributed by atoms with Gasteiger partial charge in [-0.15, -0.1) is 0 Å². The second-order valence-electron chi connectivity index (χ2n) is 7.78. The summed E-state index contributed by atoms with van der Waals surface area (Å²) in [6, 6.07) is 14.7. The van der Waals surface area contributed by atoms with Crippen LogP contribution in [-0.2, 0) is 6.42 Å². The minimum absolute atomic E-state index is 0.128. The van der Waals surface area contributed by atoms with Crippen molar-refractivity contribution in [3.63, 3.8) is 0 Å². The van der Waals surface area contributed by atoms with Gasteiger partial charge in [-0.2, -0.15) is 5.26 Å². The van der Waals surface area contributed by atoms with E-state index in [1.54, 1.807) is 42.7 Å². The first-order valence-electron chi connectivity index (χ1n) is 10.3. The van der Waals surface area contributed by atoms with E-state index in [0.29, 0.717) is 16.9 Å².